The Morgan fingerprint density at radius 2 is 2.05 bits per heavy atom. The van der Waals surface area contributed by atoms with Gasteiger partial charge >= 0.3 is 6.36 Å². The SMILES string of the molecule is CCNC(Cc1ccc(OC(F)(F)F)cc1)C1CCOC1. The van der Waals surface area contributed by atoms with Crippen molar-refractivity contribution in [1.82, 2.24) is 5.32 Å². The molecule has 0 bridgehead atoms. The number of nitrogens with one attached hydrogen (secondary N) is 1. The van der Waals surface area contributed by atoms with Crippen molar-refractivity contribution in [3.05, 3.63) is 29.8 Å². The largest absolute Gasteiger partial charge is 0.573 e. The smallest absolute Gasteiger partial charge is 0.406 e. The third-order valence-electron chi connectivity index (χ3n) is 3.61. The van der Waals surface area contributed by atoms with Crippen molar-refractivity contribution in [2.24, 2.45) is 5.92 Å². The Hall–Kier alpha value is -1.27. The normalized spacial score (nSPS) is 20.5. The number of alkyl halides is 3. The molecule has 0 aliphatic carbocycles. The first-order chi connectivity index (χ1) is 9.98. The standard InChI is InChI=1S/C15H20F3NO2/c1-2-19-14(12-7-8-20-10-12)9-11-3-5-13(6-4-11)21-15(16,17)18/h3-6,12,14,19H,2,7-10H2,1H3. The molecule has 1 heterocycles. The number of halogens is 3. The third-order valence-corrected chi connectivity index (χ3v) is 3.61. The molecule has 1 aliphatic heterocycles. The summed E-state index contributed by atoms with van der Waals surface area (Å²) < 4.78 is 45.6. The number of rotatable bonds is 6. The fourth-order valence-electron chi connectivity index (χ4n) is 2.62. The van der Waals surface area contributed by atoms with E-state index in [0.29, 0.717) is 5.92 Å². The number of likely N-dealkylation sites (N-methyl/N-ethyl adjacent to an activating group) is 1. The van der Waals surface area contributed by atoms with Crippen molar-refractivity contribution >= 4 is 0 Å². The topological polar surface area (TPSA) is 30.5 Å². The van der Waals surface area contributed by atoms with Gasteiger partial charge in [-0.1, -0.05) is 19.1 Å². The number of benzene rings is 1. The van der Waals surface area contributed by atoms with Crippen molar-refractivity contribution in [2.75, 3.05) is 19.8 Å². The van der Waals surface area contributed by atoms with E-state index in [1.165, 1.54) is 12.1 Å². The molecular formula is C15H20F3NO2. The molecule has 0 spiro atoms. The van der Waals surface area contributed by atoms with Crippen LogP contribution in [0.5, 0.6) is 5.75 Å². The van der Waals surface area contributed by atoms with Gasteiger partial charge < -0.3 is 14.8 Å². The van der Waals surface area contributed by atoms with Crippen LogP contribution < -0.4 is 10.1 Å². The van der Waals surface area contributed by atoms with Crippen molar-refractivity contribution in [3.63, 3.8) is 0 Å². The number of ether oxygens (including phenoxy) is 2. The molecule has 1 aliphatic rings. The van der Waals surface area contributed by atoms with Gasteiger partial charge in [-0.2, -0.15) is 0 Å². The van der Waals surface area contributed by atoms with E-state index in [2.05, 4.69) is 10.1 Å². The Balaban J connectivity index is 1.96. The summed E-state index contributed by atoms with van der Waals surface area (Å²) in [6, 6.07) is 6.36. The van der Waals surface area contributed by atoms with Crippen LogP contribution in [0.2, 0.25) is 0 Å². The van der Waals surface area contributed by atoms with Crippen molar-refractivity contribution in [3.8, 4) is 5.75 Å². The third kappa shape index (κ3) is 5.21. The molecule has 0 saturated carbocycles. The van der Waals surface area contributed by atoms with Crippen LogP contribution in [0.25, 0.3) is 0 Å². The van der Waals surface area contributed by atoms with Crippen LogP contribution in [0.3, 0.4) is 0 Å². The Labute approximate surface area is 122 Å². The molecule has 21 heavy (non-hydrogen) atoms. The van der Waals surface area contributed by atoms with E-state index in [-0.39, 0.29) is 11.8 Å². The van der Waals surface area contributed by atoms with Gasteiger partial charge in [-0.05, 0) is 37.1 Å². The minimum absolute atomic E-state index is 0.185. The molecule has 2 rings (SSSR count). The van der Waals surface area contributed by atoms with Gasteiger partial charge in [0, 0.05) is 18.6 Å². The predicted octanol–water partition coefficient (Wildman–Crippen LogP) is 3.14. The monoisotopic (exact) mass is 303 g/mol. The van der Waals surface area contributed by atoms with E-state index in [1.54, 1.807) is 12.1 Å². The summed E-state index contributed by atoms with van der Waals surface area (Å²) >= 11 is 0. The van der Waals surface area contributed by atoms with Gasteiger partial charge in [0.05, 0.1) is 6.61 Å². The lowest BCUT2D eigenvalue weighted by Crippen LogP contribution is -2.38. The summed E-state index contributed by atoms with van der Waals surface area (Å²) in [5, 5.41) is 3.43. The molecule has 6 heteroatoms. The van der Waals surface area contributed by atoms with Crippen LogP contribution >= 0.6 is 0 Å². The maximum absolute atomic E-state index is 12.1. The van der Waals surface area contributed by atoms with Gasteiger partial charge in [-0.3, -0.25) is 0 Å². The van der Waals surface area contributed by atoms with Gasteiger partial charge in [0.15, 0.2) is 0 Å². The summed E-state index contributed by atoms with van der Waals surface area (Å²) in [5.41, 5.74) is 0.988. The number of hydrogen-bond acceptors (Lipinski definition) is 3. The Bertz CT molecular complexity index is 428. The second-order valence-corrected chi connectivity index (χ2v) is 5.18. The highest BCUT2D eigenvalue weighted by Gasteiger charge is 2.31. The van der Waals surface area contributed by atoms with Gasteiger partial charge in [-0.25, -0.2) is 0 Å². The zero-order valence-electron chi connectivity index (χ0n) is 12.0. The lowest BCUT2D eigenvalue weighted by molar-refractivity contribution is -0.274. The minimum Gasteiger partial charge on any atom is -0.406 e. The van der Waals surface area contributed by atoms with E-state index in [9.17, 15) is 13.2 Å². The lowest BCUT2D eigenvalue weighted by atomic mass is 9.93. The molecule has 0 amide bonds. The summed E-state index contributed by atoms with van der Waals surface area (Å²) in [4.78, 5) is 0. The average Bonchev–Trinajstić information content (AvgIpc) is 2.92. The first kappa shape index (κ1) is 16.1. The van der Waals surface area contributed by atoms with Crippen molar-refractivity contribution in [1.29, 1.82) is 0 Å². The zero-order valence-corrected chi connectivity index (χ0v) is 12.0. The molecule has 2 atom stereocenters. The Morgan fingerprint density at radius 3 is 2.57 bits per heavy atom. The summed E-state index contributed by atoms with van der Waals surface area (Å²) in [6.07, 6.45) is -2.85. The van der Waals surface area contributed by atoms with E-state index in [0.717, 1.165) is 38.2 Å². The minimum atomic E-state index is -4.64. The molecule has 1 N–H and O–H groups in total. The average molecular weight is 303 g/mol. The van der Waals surface area contributed by atoms with Gasteiger partial charge in [-0.15, -0.1) is 13.2 Å². The van der Waals surface area contributed by atoms with E-state index >= 15 is 0 Å². The molecule has 0 aromatic heterocycles. The second kappa shape index (κ2) is 7.13. The van der Waals surface area contributed by atoms with Crippen LogP contribution in [0, 0.1) is 5.92 Å². The van der Waals surface area contributed by atoms with E-state index in [4.69, 9.17) is 4.74 Å². The zero-order chi connectivity index (χ0) is 15.3. The van der Waals surface area contributed by atoms with Gasteiger partial charge in [0.1, 0.15) is 5.75 Å². The first-order valence-electron chi connectivity index (χ1n) is 7.13. The summed E-state index contributed by atoms with van der Waals surface area (Å²) in [5.74, 6) is 0.270. The quantitative estimate of drug-likeness (QED) is 0.876. The predicted molar refractivity (Wildman–Crippen MR) is 73.2 cm³/mol. The van der Waals surface area contributed by atoms with Crippen LogP contribution in [0.15, 0.2) is 24.3 Å². The van der Waals surface area contributed by atoms with E-state index in [1.807, 2.05) is 6.92 Å². The van der Waals surface area contributed by atoms with Gasteiger partial charge in [0.2, 0.25) is 0 Å². The molecule has 1 saturated heterocycles. The first-order valence-corrected chi connectivity index (χ1v) is 7.13. The maximum atomic E-state index is 12.1. The van der Waals surface area contributed by atoms with Crippen LogP contribution in [0.1, 0.15) is 18.9 Å². The summed E-state index contributed by atoms with van der Waals surface area (Å²) in [6.45, 7) is 4.43. The maximum Gasteiger partial charge on any atom is 0.573 e. The second-order valence-electron chi connectivity index (χ2n) is 5.18. The van der Waals surface area contributed by atoms with Crippen molar-refractivity contribution in [2.45, 2.75) is 32.2 Å². The fourth-order valence-corrected chi connectivity index (χ4v) is 2.62. The number of hydrogen-bond donors (Lipinski definition) is 1. The van der Waals surface area contributed by atoms with Crippen molar-refractivity contribution < 1.29 is 22.6 Å². The molecule has 2 unspecified atom stereocenters. The molecule has 1 aromatic carbocycles. The van der Waals surface area contributed by atoms with E-state index < -0.39 is 6.36 Å². The molecule has 1 aromatic rings. The van der Waals surface area contributed by atoms with Gasteiger partial charge in [0.25, 0.3) is 0 Å². The molecule has 3 nitrogen and oxygen atoms in total. The Kier molecular flexibility index (Phi) is 5.47. The van der Waals surface area contributed by atoms with Crippen LogP contribution in [0.4, 0.5) is 13.2 Å². The Morgan fingerprint density at radius 1 is 1.33 bits per heavy atom. The molecule has 1 fully saturated rings. The highest BCUT2D eigenvalue weighted by atomic mass is 19.4. The van der Waals surface area contributed by atoms with Crippen LogP contribution in [-0.4, -0.2) is 32.2 Å². The molecule has 118 valence electrons. The molecular weight excluding hydrogens is 283 g/mol. The highest BCUT2D eigenvalue weighted by molar-refractivity contribution is 5.28. The highest BCUT2D eigenvalue weighted by Crippen LogP contribution is 2.24. The fraction of sp³-hybridized carbons (Fsp3) is 0.600. The summed E-state index contributed by atoms with van der Waals surface area (Å²) in [7, 11) is 0. The molecule has 0 radical (unpaired) electrons. The van der Waals surface area contributed by atoms with Crippen LogP contribution in [-0.2, 0) is 11.2 Å². The lowest BCUT2D eigenvalue weighted by Gasteiger charge is -2.23.